The number of aromatic nitrogens is 3. The Morgan fingerprint density at radius 2 is 1.93 bits per heavy atom. The van der Waals surface area contributed by atoms with Crippen molar-refractivity contribution in [1.29, 1.82) is 0 Å². The Morgan fingerprint density at radius 1 is 1.11 bits per heavy atom. The van der Waals surface area contributed by atoms with Gasteiger partial charge in [0.05, 0.1) is 11.4 Å². The number of aryl methyl sites for hydroxylation is 1. The molecule has 0 aliphatic carbocycles. The number of amides is 1. The maximum atomic E-state index is 12.4. The topological polar surface area (TPSA) is 84.1 Å². The van der Waals surface area contributed by atoms with Crippen molar-refractivity contribution in [2.45, 2.75) is 25.7 Å². The van der Waals surface area contributed by atoms with Gasteiger partial charge in [0.15, 0.2) is 0 Å². The minimum absolute atomic E-state index is 0.0702. The first-order valence-corrected chi connectivity index (χ1v) is 9.17. The molecular weight excluding hydrogens is 342 g/mol. The van der Waals surface area contributed by atoms with Gasteiger partial charge in [0.1, 0.15) is 5.69 Å². The van der Waals surface area contributed by atoms with Gasteiger partial charge in [0.25, 0.3) is 0 Å². The summed E-state index contributed by atoms with van der Waals surface area (Å²) in [5.41, 5.74) is 2.58. The maximum absolute atomic E-state index is 12.4. The second-order valence-electron chi connectivity index (χ2n) is 6.49. The minimum atomic E-state index is -0.0702. The summed E-state index contributed by atoms with van der Waals surface area (Å²) in [5, 5.41) is 6.94. The van der Waals surface area contributed by atoms with Crippen LogP contribution in [0.3, 0.4) is 0 Å². The largest absolute Gasteiger partial charge is 0.370 e. The summed E-state index contributed by atoms with van der Waals surface area (Å²) in [6, 6.07) is 13.4. The number of nitrogens with one attached hydrogen (secondary N) is 1. The first-order valence-electron chi connectivity index (χ1n) is 9.17. The average Bonchev–Trinajstić information content (AvgIpc) is 3.40. The van der Waals surface area contributed by atoms with Crippen LogP contribution in [-0.4, -0.2) is 34.1 Å². The van der Waals surface area contributed by atoms with E-state index >= 15 is 0 Å². The predicted molar refractivity (Wildman–Crippen MR) is 102 cm³/mol. The van der Waals surface area contributed by atoms with E-state index in [1.54, 1.807) is 6.20 Å². The van der Waals surface area contributed by atoms with E-state index in [0.29, 0.717) is 23.8 Å². The van der Waals surface area contributed by atoms with Crippen molar-refractivity contribution in [3.63, 3.8) is 0 Å². The molecule has 1 N–H and O–H groups in total. The summed E-state index contributed by atoms with van der Waals surface area (Å²) in [5.74, 6) is 0.795. The molecule has 1 amide bonds. The van der Waals surface area contributed by atoms with Gasteiger partial charge in [-0.2, -0.15) is 4.98 Å². The zero-order valence-corrected chi connectivity index (χ0v) is 15.0. The lowest BCUT2D eigenvalue weighted by Crippen LogP contribution is -2.21. The summed E-state index contributed by atoms with van der Waals surface area (Å²) in [6.07, 6.45) is 4.72. The molecule has 1 aliphatic heterocycles. The van der Waals surface area contributed by atoms with Crippen molar-refractivity contribution in [3.8, 4) is 11.5 Å². The van der Waals surface area contributed by atoms with Crippen molar-refractivity contribution in [2.75, 3.05) is 23.3 Å². The molecule has 7 nitrogen and oxygen atoms in total. The number of para-hydroxylation sites is 2. The van der Waals surface area contributed by atoms with E-state index in [1.165, 1.54) is 12.8 Å². The summed E-state index contributed by atoms with van der Waals surface area (Å²) in [6.45, 7) is 2.07. The number of hydrogen-bond acceptors (Lipinski definition) is 6. The normalized spacial score (nSPS) is 13.7. The van der Waals surface area contributed by atoms with Crippen LogP contribution in [-0.2, 0) is 11.2 Å². The van der Waals surface area contributed by atoms with Crippen LogP contribution in [0.5, 0.6) is 0 Å². The molecule has 1 fully saturated rings. The smallest absolute Gasteiger partial charge is 0.227 e. The molecule has 4 rings (SSSR count). The SMILES string of the molecule is O=C(CCc1nc(-c2ccccn2)no1)Nc1ccccc1N1CCCC1. The molecule has 0 atom stereocenters. The number of benzene rings is 1. The monoisotopic (exact) mass is 363 g/mol. The molecule has 2 aromatic heterocycles. The Hall–Kier alpha value is -3.22. The van der Waals surface area contributed by atoms with Crippen molar-refractivity contribution >= 4 is 17.3 Å². The van der Waals surface area contributed by atoms with Gasteiger partial charge in [-0.15, -0.1) is 0 Å². The predicted octanol–water partition coefficient (Wildman–Crippen LogP) is 3.30. The standard InChI is InChI=1S/C20H21N5O2/c26-18(22-15-7-1-2-9-17(15)25-13-5-6-14-25)10-11-19-23-20(24-27-19)16-8-3-4-12-21-16/h1-4,7-9,12H,5-6,10-11,13-14H2,(H,22,26). The molecule has 3 aromatic rings. The lowest BCUT2D eigenvalue weighted by Gasteiger charge is -2.21. The number of pyridine rings is 1. The third kappa shape index (κ3) is 4.13. The molecule has 3 heterocycles. The van der Waals surface area contributed by atoms with Gasteiger partial charge >= 0.3 is 0 Å². The molecule has 0 unspecified atom stereocenters. The number of rotatable bonds is 6. The van der Waals surface area contributed by atoms with Gasteiger partial charge in [-0.05, 0) is 37.1 Å². The Kier molecular flexibility index (Phi) is 5.09. The maximum Gasteiger partial charge on any atom is 0.227 e. The van der Waals surface area contributed by atoms with Gasteiger partial charge in [0.2, 0.25) is 17.6 Å². The van der Waals surface area contributed by atoms with Crippen LogP contribution in [0.1, 0.15) is 25.2 Å². The van der Waals surface area contributed by atoms with Crippen molar-refractivity contribution in [2.24, 2.45) is 0 Å². The van der Waals surface area contributed by atoms with E-state index in [4.69, 9.17) is 4.52 Å². The molecule has 0 saturated carbocycles. The van der Waals surface area contributed by atoms with Crippen LogP contribution in [0, 0.1) is 0 Å². The molecule has 0 spiro atoms. The fourth-order valence-corrected chi connectivity index (χ4v) is 3.20. The lowest BCUT2D eigenvalue weighted by atomic mass is 10.2. The van der Waals surface area contributed by atoms with Crippen LogP contribution < -0.4 is 10.2 Å². The number of anilines is 2. The number of carbonyl (C=O) groups is 1. The third-order valence-corrected chi connectivity index (χ3v) is 4.55. The van der Waals surface area contributed by atoms with Gasteiger partial charge in [0, 0.05) is 32.1 Å². The van der Waals surface area contributed by atoms with Crippen molar-refractivity contribution in [1.82, 2.24) is 15.1 Å². The van der Waals surface area contributed by atoms with E-state index < -0.39 is 0 Å². The van der Waals surface area contributed by atoms with Gasteiger partial charge in [-0.1, -0.05) is 23.4 Å². The third-order valence-electron chi connectivity index (χ3n) is 4.55. The molecule has 7 heteroatoms. The average molecular weight is 363 g/mol. The molecule has 0 bridgehead atoms. The Labute approximate surface area is 157 Å². The highest BCUT2D eigenvalue weighted by molar-refractivity contribution is 5.94. The zero-order valence-electron chi connectivity index (χ0n) is 15.0. The molecular formula is C20H21N5O2. The molecule has 27 heavy (non-hydrogen) atoms. The molecule has 138 valence electrons. The van der Waals surface area contributed by atoms with Gasteiger partial charge in [-0.3, -0.25) is 9.78 Å². The van der Waals surface area contributed by atoms with E-state index in [0.717, 1.165) is 24.5 Å². The first-order chi connectivity index (χ1) is 13.3. The molecule has 1 saturated heterocycles. The van der Waals surface area contributed by atoms with Gasteiger partial charge < -0.3 is 14.7 Å². The molecule has 0 radical (unpaired) electrons. The minimum Gasteiger partial charge on any atom is -0.370 e. The quantitative estimate of drug-likeness (QED) is 0.723. The fourth-order valence-electron chi connectivity index (χ4n) is 3.20. The molecule has 1 aromatic carbocycles. The Bertz CT molecular complexity index is 904. The Morgan fingerprint density at radius 3 is 2.74 bits per heavy atom. The summed E-state index contributed by atoms with van der Waals surface area (Å²) in [7, 11) is 0. The fraction of sp³-hybridized carbons (Fsp3) is 0.300. The van der Waals surface area contributed by atoms with Crippen molar-refractivity contribution in [3.05, 3.63) is 54.6 Å². The number of carbonyl (C=O) groups excluding carboxylic acids is 1. The van der Waals surface area contributed by atoms with Crippen LogP contribution in [0.25, 0.3) is 11.5 Å². The van der Waals surface area contributed by atoms with Crippen LogP contribution in [0.4, 0.5) is 11.4 Å². The second kappa shape index (κ2) is 7.99. The Balaban J connectivity index is 1.36. The summed E-state index contributed by atoms with van der Waals surface area (Å²) < 4.78 is 5.24. The van der Waals surface area contributed by atoms with E-state index in [1.807, 2.05) is 36.4 Å². The van der Waals surface area contributed by atoms with Crippen LogP contribution in [0.2, 0.25) is 0 Å². The highest BCUT2D eigenvalue weighted by atomic mass is 16.5. The van der Waals surface area contributed by atoms with E-state index in [-0.39, 0.29) is 12.3 Å². The van der Waals surface area contributed by atoms with E-state index in [9.17, 15) is 4.79 Å². The number of hydrogen-bond donors (Lipinski definition) is 1. The van der Waals surface area contributed by atoms with Crippen LogP contribution in [0.15, 0.2) is 53.2 Å². The van der Waals surface area contributed by atoms with Crippen molar-refractivity contribution < 1.29 is 9.32 Å². The van der Waals surface area contributed by atoms with Crippen LogP contribution >= 0.6 is 0 Å². The van der Waals surface area contributed by atoms with Gasteiger partial charge in [-0.25, -0.2) is 0 Å². The summed E-state index contributed by atoms with van der Waals surface area (Å²) in [4.78, 5) is 23.2. The van der Waals surface area contributed by atoms with E-state index in [2.05, 4.69) is 31.4 Å². The first kappa shape index (κ1) is 17.2. The lowest BCUT2D eigenvalue weighted by molar-refractivity contribution is -0.116. The summed E-state index contributed by atoms with van der Waals surface area (Å²) >= 11 is 0. The second-order valence-corrected chi connectivity index (χ2v) is 6.49. The molecule has 1 aliphatic rings. The highest BCUT2D eigenvalue weighted by Gasteiger charge is 2.17. The zero-order chi connectivity index (χ0) is 18.5. The number of nitrogens with zero attached hydrogens (tertiary/aromatic N) is 4. The highest BCUT2D eigenvalue weighted by Crippen LogP contribution is 2.28.